The first-order valence-electron chi connectivity index (χ1n) is 21.0. The summed E-state index contributed by atoms with van der Waals surface area (Å²) in [5, 5.41) is 53.3. The number of rotatable bonds is 10. The van der Waals surface area contributed by atoms with Crippen molar-refractivity contribution in [3.8, 4) is 0 Å². The molecule has 0 spiro atoms. The highest BCUT2D eigenvalue weighted by molar-refractivity contribution is 5.95. The SMILES string of the molecule is CC(=O)O[C@@H]1C2=C(C)[C@@H](OC(=O)[C@H](O)[C@@H](NC(=O)c3ccc(C)cc3)c3ccccc3)C[C@@](O)([C@@H](OC(=O)c3ccccc3)[C@@H]3[C@]4(OC(C)=O)CO[C@@H]4C[C@H](O)[C@@]3(C)[C@H]1O)C2(C)C. The zero-order chi connectivity index (χ0) is 45.8. The van der Waals surface area contributed by atoms with E-state index >= 15 is 0 Å². The minimum Gasteiger partial charge on any atom is -0.456 e. The molecule has 1 saturated heterocycles. The number of aliphatic hydroxyl groups excluding tert-OH is 3. The van der Waals surface area contributed by atoms with Gasteiger partial charge < -0.3 is 49.4 Å². The van der Waals surface area contributed by atoms with Gasteiger partial charge in [0.25, 0.3) is 5.91 Å². The van der Waals surface area contributed by atoms with Crippen molar-refractivity contribution in [1.82, 2.24) is 5.32 Å². The van der Waals surface area contributed by atoms with Gasteiger partial charge in [0.1, 0.15) is 30.0 Å². The molecule has 0 radical (unpaired) electrons. The van der Waals surface area contributed by atoms with Gasteiger partial charge in [-0.25, -0.2) is 9.59 Å². The van der Waals surface area contributed by atoms with Crippen LogP contribution in [-0.2, 0) is 38.1 Å². The molecule has 1 heterocycles. The number of nitrogens with one attached hydrogen (secondary N) is 1. The molecule has 1 aliphatic heterocycles. The van der Waals surface area contributed by atoms with Crippen LogP contribution in [-0.4, -0.2) is 111 Å². The zero-order valence-electron chi connectivity index (χ0n) is 36.3. The predicted octanol–water partition coefficient (Wildman–Crippen LogP) is 3.84. The van der Waals surface area contributed by atoms with Crippen molar-refractivity contribution in [3.05, 3.63) is 118 Å². The number of amides is 1. The van der Waals surface area contributed by atoms with E-state index in [9.17, 15) is 44.4 Å². The van der Waals surface area contributed by atoms with Crippen molar-refractivity contribution in [3.63, 3.8) is 0 Å². The Balaban J connectivity index is 1.38. The largest absolute Gasteiger partial charge is 0.456 e. The topological polar surface area (TPSA) is 224 Å². The summed E-state index contributed by atoms with van der Waals surface area (Å²) in [5.41, 5.74) is -5.54. The quantitative estimate of drug-likeness (QED) is 0.111. The summed E-state index contributed by atoms with van der Waals surface area (Å²) < 4.78 is 30.6. The fraction of sp³-hybridized carbons (Fsp3) is 0.479. The van der Waals surface area contributed by atoms with Gasteiger partial charge in [0, 0.05) is 43.1 Å². The molecule has 0 aromatic heterocycles. The molecule has 3 aromatic carbocycles. The Morgan fingerprint density at radius 3 is 2.00 bits per heavy atom. The first kappa shape index (κ1) is 45.6. The van der Waals surface area contributed by atoms with Gasteiger partial charge in [0.15, 0.2) is 17.8 Å². The van der Waals surface area contributed by atoms with Crippen molar-refractivity contribution < 1.29 is 68.1 Å². The molecule has 63 heavy (non-hydrogen) atoms. The van der Waals surface area contributed by atoms with Crippen LogP contribution in [0.3, 0.4) is 0 Å². The van der Waals surface area contributed by atoms with E-state index in [2.05, 4.69) is 5.32 Å². The minimum absolute atomic E-state index is 0.0915. The maximum atomic E-state index is 14.4. The van der Waals surface area contributed by atoms with Crippen LogP contribution in [0.25, 0.3) is 0 Å². The number of esters is 4. The van der Waals surface area contributed by atoms with Crippen LogP contribution in [0.2, 0.25) is 0 Å². The van der Waals surface area contributed by atoms with E-state index in [0.717, 1.165) is 12.5 Å². The van der Waals surface area contributed by atoms with Crippen LogP contribution < -0.4 is 5.32 Å². The van der Waals surface area contributed by atoms with Crippen LogP contribution >= 0.6 is 0 Å². The summed E-state index contributed by atoms with van der Waals surface area (Å²) in [6.45, 7) is 10.2. The number of aliphatic hydroxyl groups is 4. The molecule has 2 bridgehead atoms. The molecule has 5 N–H and O–H groups in total. The van der Waals surface area contributed by atoms with Crippen LogP contribution in [0, 0.1) is 23.7 Å². The highest BCUT2D eigenvalue weighted by atomic mass is 16.6. The smallest absolute Gasteiger partial charge is 0.338 e. The maximum absolute atomic E-state index is 14.4. The fourth-order valence-electron chi connectivity index (χ4n) is 10.5. The van der Waals surface area contributed by atoms with Gasteiger partial charge in [-0.3, -0.25) is 14.4 Å². The summed E-state index contributed by atoms with van der Waals surface area (Å²) in [7, 11) is 0. The average Bonchev–Trinajstić information content (AvgIpc) is 3.24. The second kappa shape index (κ2) is 16.9. The second-order valence-corrected chi connectivity index (χ2v) is 18.1. The monoisotopic (exact) mass is 869 g/mol. The van der Waals surface area contributed by atoms with Crippen molar-refractivity contribution in [2.45, 2.75) is 121 Å². The molecule has 15 nitrogen and oxygen atoms in total. The number of fused-ring (bicyclic) bond motifs is 5. The lowest BCUT2D eigenvalue weighted by Crippen LogP contribution is -2.82. The summed E-state index contributed by atoms with van der Waals surface area (Å²) in [6, 6.07) is 21.6. The second-order valence-electron chi connectivity index (χ2n) is 18.1. The van der Waals surface area contributed by atoms with E-state index in [0.29, 0.717) is 5.56 Å². The van der Waals surface area contributed by atoms with Crippen LogP contribution in [0.4, 0.5) is 0 Å². The lowest BCUT2D eigenvalue weighted by Gasteiger charge is -2.69. The highest BCUT2D eigenvalue weighted by Gasteiger charge is 2.78. The van der Waals surface area contributed by atoms with E-state index in [4.69, 9.17) is 23.7 Å². The Kier molecular flexibility index (Phi) is 12.2. The summed E-state index contributed by atoms with van der Waals surface area (Å²) in [6.07, 6.45) is -11.8. The lowest BCUT2D eigenvalue weighted by atomic mass is 9.44. The molecule has 15 heteroatoms. The van der Waals surface area contributed by atoms with Crippen LogP contribution in [0.5, 0.6) is 0 Å². The molecule has 3 fully saturated rings. The third-order valence-corrected chi connectivity index (χ3v) is 14.0. The summed E-state index contributed by atoms with van der Waals surface area (Å²) in [4.78, 5) is 68.3. The Labute approximate surface area is 365 Å². The number of aryl methyl sites for hydroxylation is 1. The molecule has 3 aromatic rings. The molecule has 336 valence electrons. The Bertz CT molecular complexity index is 2280. The fourth-order valence-corrected chi connectivity index (χ4v) is 10.5. The number of carbonyl (C=O) groups excluding carboxylic acids is 5. The highest BCUT2D eigenvalue weighted by Crippen LogP contribution is 2.65. The average molecular weight is 870 g/mol. The first-order valence-corrected chi connectivity index (χ1v) is 21.0. The minimum atomic E-state index is -2.35. The van der Waals surface area contributed by atoms with Gasteiger partial charge in [-0.1, -0.05) is 87.0 Å². The van der Waals surface area contributed by atoms with Crippen molar-refractivity contribution >= 4 is 29.8 Å². The Hall–Kier alpha value is -5.45. The van der Waals surface area contributed by atoms with E-state index in [1.165, 1.54) is 26.0 Å². The van der Waals surface area contributed by atoms with E-state index in [-0.39, 0.29) is 35.3 Å². The summed E-state index contributed by atoms with van der Waals surface area (Å²) >= 11 is 0. The standard InChI is InChI=1S/C48H55NO14/c1-25-18-20-30(21-19-25)42(55)49-36(29-14-10-8-11-15-29)37(53)44(57)61-32-23-48(58)41(62-43(56)31-16-12-9-13-17-31)39-46(7,33(52)22-34-47(39,24-59-34)63-28(4)51)40(54)38(60-27(3)50)35(26(32)2)45(48,5)6/h8-21,32-34,36-41,52-54,58H,22-24H2,1-7H3,(H,49,55)/t32-,33-,34+,36-,37+,38+,39-,40-,41-,46+,47-,48+/m0/s1. The third-order valence-electron chi connectivity index (χ3n) is 14.0. The number of hydrogen-bond acceptors (Lipinski definition) is 14. The van der Waals surface area contributed by atoms with Gasteiger partial charge in [-0.2, -0.15) is 0 Å². The molecular weight excluding hydrogens is 815 g/mol. The molecule has 1 amide bonds. The third kappa shape index (κ3) is 7.73. The molecule has 0 unspecified atom stereocenters. The molecule has 3 aliphatic carbocycles. The van der Waals surface area contributed by atoms with Gasteiger partial charge in [0.2, 0.25) is 0 Å². The van der Waals surface area contributed by atoms with Crippen molar-refractivity contribution in [2.24, 2.45) is 16.7 Å². The van der Waals surface area contributed by atoms with Crippen molar-refractivity contribution in [1.29, 1.82) is 0 Å². The van der Waals surface area contributed by atoms with Crippen molar-refractivity contribution in [2.75, 3.05) is 6.61 Å². The molecule has 2 saturated carbocycles. The van der Waals surface area contributed by atoms with E-state index in [1.807, 2.05) is 6.92 Å². The van der Waals surface area contributed by atoms with E-state index in [1.54, 1.807) is 93.6 Å². The number of carbonyl (C=O) groups is 5. The number of benzene rings is 3. The lowest BCUT2D eigenvalue weighted by molar-refractivity contribution is -0.365. The zero-order valence-corrected chi connectivity index (χ0v) is 36.3. The predicted molar refractivity (Wildman–Crippen MR) is 223 cm³/mol. The van der Waals surface area contributed by atoms with Gasteiger partial charge in [0.05, 0.1) is 30.2 Å². The summed E-state index contributed by atoms with van der Waals surface area (Å²) in [5.74, 6) is -5.73. The number of ether oxygens (including phenoxy) is 5. The first-order chi connectivity index (χ1) is 29.7. The van der Waals surface area contributed by atoms with Crippen LogP contribution in [0.1, 0.15) is 92.3 Å². The van der Waals surface area contributed by atoms with Gasteiger partial charge in [-0.05, 0) is 54.8 Å². The molecular formula is C48H55NO14. The van der Waals surface area contributed by atoms with E-state index < -0.39 is 113 Å². The molecule has 7 rings (SSSR count). The van der Waals surface area contributed by atoms with Gasteiger partial charge in [-0.15, -0.1) is 0 Å². The Morgan fingerprint density at radius 1 is 0.810 bits per heavy atom. The Morgan fingerprint density at radius 2 is 1.43 bits per heavy atom. The molecule has 4 aliphatic rings. The van der Waals surface area contributed by atoms with Crippen LogP contribution in [0.15, 0.2) is 96.1 Å². The molecule has 12 atom stereocenters. The normalized spacial score (nSPS) is 32.7. The van der Waals surface area contributed by atoms with Gasteiger partial charge >= 0.3 is 23.9 Å². The maximum Gasteiger partial charge on any atom is 0.338 e. The number of hydrogen-bond donors (Lipinski definition) is 5.